The summed E-state index contributed by atoms with van der Waals surface area (Å²) < 4.78 is 24.5. The topological polar surface area (TPSA) is 76.8 Å². The zero-order valence-electron chi connectivity index (χ0n) is 17.6. The van der Waals surface area contributed by atoms with Crippen LogP contribution in [0.15, 0.2) is 82.0 Å². The maximum Gasteiger partial charge on any atom is 0.337 e. The van der Waals surface area contributed by atoms with Crippen molar-refractivity contribution in [3.8, 4) is 0 Å². The van der Waals surface area contributed by atoms with Gasteiger partial charge in [-0.2, -0.15) is 0 Å². The van der Waals surface area contributed by atoms with Crippen LogP contribution in [0.4, 0.5) is 4.39 Å². The number of amides is 1. The van der Waals surface area contributed by atoms with E-state index in [0.717, 1.165) is 11.6 Å². The first kappa shape index (κ1) is 20.6. The quantitative estimate of drug-likeness (QED) is 0.435. The third-order valence-corrected chi connectivity index (χ3v) is 5.77. The average Bonchev–Trinajstić information content (AvgIpc) is 3.11. The molecule has 1 aliphatic heterocycles. The number of halogens is 1. The molecule has 1 atom stereocenters. The van der Waals surface area contributed by atoms with E-state index >= 15 is 0 Å². The van der Waals surface area contributed by atoms with E-state index in [1.165, 1.54) is 19.2 Å². The van der Waals surface area contributed by atoms with Crippen LogP contribution in [0.2, 0.25) is 0 Å². The molecule has 1 aromatic heterocycles. The number of carbonyl (C=O) groups excluding carboxylic acids is 2. The Labute approximate surface area is 187 Å². The van der Waals surface area contributed by atoms with Crippen molar-refractivity contribution in [2.45, 2.75) is 12.6 Å². The van der Waals surface area contributed by atoms with Gasteiger partial charge in [-0.3, -0.25) is 9.59 Å². The van der Waals surface area contributed by atoms with Crippen molar-refractivity contribution in [3.63, 3.8) is 0 Å². The SMILES string of the molecule is COC(=O)c1ccc([C@H]2c3c(oc4ccc(F)cc4c3=O)C(=O)N2Cc2ccccc2)cc1. The molecule has 1 aliphatic rings. The van der Waals surface area contributed by atoms with Crippen LogP contribution < -0.4 is 5.43 Å². The van der Waals surface area contributed by atoms with E-state index in [1.807, 2.05) is 30.3 Å². The Kier molecular flexibility index (Phi) is 5.01. The first-order valence-electron chi connectivity index (χ1n) is 10.3. The van der Waals surface area contributed by atoms with Gasteiger partial charge in [0.2, 0.25) is 5.76 Å². The first-order valence-corrected chi connectivity index (χ1v) is 10.3. The summed E-state index contributed by atoms with van der Waals surface area (Å²) in [6.07, 6.45) is 0. The van der Waals surface area contributed by atoms with E-state index in [2.05, 4.69) is 0 Å². The second-order valence-electron chi connectivity index (χ2n) is 7.75. The summed E-state index contributed by atoms with van der Waals surface area (Å²) in [5.74, 6) is -1.55. The molecule has 0 fully saturated rings. The van der Waals surface area contributed by atoms with E-state index < -0.39 is 29.2 Å². The lowest BCUT2D eigenvalue weighted by atomic mass is 9.97. The van der Waals surface area contributed by atoms with Gasteiger partial charge in [0.25, 0.3) is 5.91 Å². The van der Waals surface area contributed by atoms with Crippen LogP contribution in [0.1, 0.15) is 43.6 Å². The lowest BCUT2D eigenvalue weighted by Crippen LogP contribution is -2.29. The lowest BCUT2D eigenvalue weighted by Gasteiger charge is -2.25. The highest BCUT2D eigenvalue weighted by Gasteiger charge is 2.42. The van der Waals surface area contributed by atoms with Gasteiger partial charge >= 0.3 is 5.97 Å². The summed E-state index contributed by atoms with van der Waals surface area (Å²) in [5, 5.41) is 0.0688. The number of hydrogen-bond acceptors (Lipinski definition) is 5. The first-order chi connectivity index (χ1) is 16.0. The Balaban J connectivity index is 1.70. The predicted molar refractivity (Wildman–Crippen MR) is 118 cm³/mol. The monoisotopic (exact) mass is 443 g/mol. The Morgan fingerprint density at radius 1 is 1.03 bits per heavy atom. The van der Waals surface area contributed by atoms with Gasteiger partial charge in [0.15, 0.2) is 5.43 Å². The summed E-state index contributed by atoms with van der Waals surface area (Å²) >= 11 is 0. The maximum atomic E-state index is 13.9. The highest BCUT2D eigenvalue weighted by molar-refractivity contribution is 5.99. The number of esters is 1. The molecule has 0 N–H and O–H groups in total. The molecular weight excluding hydrogens is 425 g/mol. The lowest BCUT2D eigenvalue weighted by molar-refractivity contribution is 0.0599. The number of carbonyl (C=O) groups is 2. The molecular formula is C26H18FNO5. The van der Waals surface area contributed by atoms with E-state index in [-0.39, 0.29) is 28.8 Å². The largest absolute Gasteiger partial charge is 0.465 e. The van der Waals surface area contributed by atoms with Crippen LogP contribution in [0.5, 0.6) is 0 Å². The maximum absolute atomic E-state index is 13.9. The third-order valence-electron chi connectivity index (χ3n) is 5.77. The average molecular weight is 443 g/mol. The fraction of sp³-hybridized carbons (Fsp3) is 0.115. The minimum absolute atomic E-state index is 0.0583. The van der Waals surface area contributed by atoms with Gasteiger partial charge in [0, 0.05) is 6.54 Å². The fourth-order valence-corrected chi connectivity index (χ4v) is 4.20. The molecule has 4 aromatic rings. The standard InChI is InChI=1S/C26H18FNO5/c1-32-26(31)17-9-7-16(8-10-17)22-21-23(29)19-13-18(27)11-12-20(19)33-24(21)25(30)28(22)14-15-5-3-2-4-6-15/h2-13,22H,14H2,1H3/t22-/m0/s1. The van der Waals surface area contributed by atoms with Gasteiger partial charge in [-0.25, -0.2) is 9.18 Å². The van der Waals surface area contributed by atoms with Crippen LogP contribution in [0.25, 0.3) is 11.0 Å². The van der Waals surface area contributed by atoms with E-state index in [0.29, 0.717) is 11.1 Å². The Hall–Kier alpha value is -4.26. The van der Waals surface area contributed by atoms with Gasteiger partial charge < -0.3 is 14.1 Å². The molecule has 3 aromatic carbocycles. The molecule has 0 bridgehead atoms. The summed E-state index contributed by atoms with van der Waals surface area (Å²) in [6.45, 7) is 0.234. The number of hydrogen-bond donors (Lipinski definition) is 0. The van der Waals surface area contributed by atoms with E-state index in [1.54, 1.807) is 29.2 Å². The van der Waals surface area contributed by atoms with Gasteiger partial charge in [0.1, 0.15) is 11.4 Å². The number of benzene rings is 3. The van der Waals surface area contributed by atoms with Crippen LogP contribution in [-0.2, 0) is 11.3 Å². The molecule has 6 nitrogen and oxygen atoms in total. The molecule has 0 aliphatic carbocycles. The van der Waals surface area contributed by atoms with Crippen molar-refractivity contribution in [2.75, 3.05) is 7.11 Å². The molecule has 7 heteroatoms. The molecule has 0 unspecified atom stereocenters. The van der Waals surface area contributed by atoms with E-state index in [4.69, 9.17) is 9.15 Å². The van der Waals surface area contributed by atoms with Crippen LogP contribution in [0, 0.1) is 5.82 Å². The zero-order valence-corrected chi connectivity index (χ0v) is 17.6. The minimum atomic E-state index is -0.761. The summed E-state index contributed by atoms with van der Waals surface area (Å²) in [7, 11) is 1.29. The third kappa shape index (κ3) is 3.47. The minimum Gasteiger partial charge on any atom is -0.465 e. The van der Waals surface area contributed by atoms with Crippen molar-refractivity contribution in [2.24, 2.45) is 0 Å². The highest BCUT2D eigenvalue weighted by atomic mass is 19.1. The zero-order chi connectivity index (χ0) is 23.1. The van der Waals surface area contributed by atoms with Crippen molar-refractivity contribution in [3.05, 3.63) is 117 Å². The Morgan fingerprint density at radius 3 is 2.45 bits per heavy atom. The number of fused-ring (bicyclic) bond motifs is 2. The summed E-state index contributed by atoms with van der Waals surface area (Å²) in [4.78, 5) is 40.3. The summed E-state index contributed by atoms with van der Waals surface area (Å²) in [6, 6.07) is 18.8. The molecule has 0 spiro atoms. The molecule has 1 amide bonds. The van der Waals surface area contributed by atoms with Crippen molar-refractivity contribution >= 4 is 22.8 Å². The van der Waals surface area contributed by atoms with Gasteiger partial charge in [0.05, 0.1) is 29.7 Å². The highest BCUT2D eigenvalue weighted by Crippen LogP contribution is 2.39. The number of ether oxygens (including phenoxy) is 1. The van der Waals surface area contributed by atoms with Crippen LogP contribution in [0.3, 0.4) is 0 Å². The smallest absolute Gasteiger partial charge is 0.337 e. The molecule has 5 rings (SSSR count). The second-order valence-corrected chi connectivity index (χ2v) is 7.75. The number of rotatable bonds is 4. The number of methoxy groups -OCH3 is 1. The van der Waals surface area contributed by atoms with Gasteiger partial charge in [-0.15, -0.1) is 0 Å². The van der Waals surface area contributed by atoms with Gasteiger partial charge in [-0.1, -0.05) is 42.5 Å². The van der Waals surface area contributed by atoms with Crippen molar-refractivity contribution in [1.82, 2.24) is 4.90 Å². The molecule has 0 radical (unpaired) electrons. The van der Waals surface area contributed by atoms with Crippen LogP contribution in [-0.4, -0.2) is 23.9 Å². The van der Waals surface area contributed by atoms with Gasteiger partial charge in [-0.05, 0) is 41.5 Å². The normalized spacial score (nSPS) is 15.0. The molecule has 0 saturated heterocycles. The number of nitrogens with zero attached hydrogens (tertiary/aromatic N) is 1. The molecule has 2 heterocycles. The second kappa shape index (κ2) is 8.02. The fourth-order valence-electron chi connectivity index (χ4n) is 4.20. The molecule has 0 saturated carbocycles. The molecule has 33 heavy (non-hydrogen) atoms. The predicted octanol–water partition coefficient (Wildman–Crippen LogP) is 4.46. The molecule has 164 valence electrons. The van der Waals surface area contributed by atoms with E-state index in [9.17, 15) is 18.8 Å². The van der Waals surface area contributed by atoms with Crippen molar-refractivity contribution < 1.29 is 23.1 Å². The van der Waals surface area contributed by atoms with Crippen LogP contribution >= 0.6 is 0 Å². The Morgan fingerprint density at radius 2 is 1.76 bits per heavy atom. The summed E-state index contributed by atoms with van der Waals surface area (Å²) in [5.41, 5.74) is 1.67. The Bertz CT molecular complexity index is 1440. The van der Waals surface area contributed by atoms with Crippen molar-refractivity contribution in [1.29, 1.82) is 0 Å².